The number of rotatable bonds is 5. The van der Waals surface area contributed by atoms with Crippen LogP contribution >= 0.6 is 0 Å². The molecule has 0 radical (unpaired) electrons. The average molecular weight is 394 g/mol. The molecule has 0 saturated carbocycles. The van der Waals surface area contributed by atoms with Crippen LogP contribution in [-0.4, -0.2) is 53.2 Å². The highest BCUT2D eigenvalue weighted by Gasteiger charge is 2.31. The Kier molecular flexibility index (Phi) is 6.03. The normalized spacial score (nSPS) is 18.1. The van der Waals surface area contributed by atoms with Gasteiger partial charge in [0.2, 0.25) is 0 Å². The fourth-order valence-corrected chi connectivity index (χ4v) is 3.22. The van der Waals surface area contributed by atoms with Crippen molar-refractivity contribution in [3.05, 3.63) is 59.9 Å². The Balaban J connectivity index is 1.64. The molecule has 1 unspecified atom stereocenters. The van der Waals surface area contributed by atoms with Gasteiger partial charge in [0.05, 0.1) is 6.04 Å². The number of ether oxygens (including phenoxy) is 1. The Morgan fingerprint density at radius 2 is 1.96 bits per heavy atom. The number of hydrogen-bond acceptors (Lipinski definition) is 4. The summed E-state index contributed by atoms with van der Waals surface area (Å²) in [5.41, 5.74) is 7.37. The van der Waals surface area contributed by atoms with Gasteiger partial charge in [-0.25, -0.2) is 4.79 Å². The van der Waals surface area contributed by atoms with Gasteiger partial charge < -0.3 is 15.4 Å². The predicted molar refractivity (Wildman–Crippen MR) is 96.5 cm³/mol. The lowest BCUT2D eigenvalue weighted by molar-refractivity contribution is -0.153. The second-order valence-corrected chi connectivity index (χ2v) is 6.62. The molecule has 1 atom stereocenters. The minimum absolute atomic E-state index is 0.174. The monoisotopic (exact) mass is 394 g/mol. The Morgan fingerprint density at radius 1 is 1.21 bits per heavy atom. The number of aromatic nitrogens is 1. The van der Waals surface area contributed by atoms with Crippen LogP contribution < -0.4 is 10.5 Å². The van der Waals surface area contributed by atoms with Crippen molar-refractivity contribution in [2.45, 2.75) is 18.8 Å². The van der Waals surface area contributed by atoms with Gasteiger partial charge in [0, 0.05) is 38.6 Å². The Morgan fingerprint density at radius 3 is 2.57 bits per heavy atom. The number of nitrogens with zero attached hydrogens (tertiary/aromatic N) is 3. The van der Waals surface area contributed by atoms with Gasteiger partial charge in [0.1, 0.15) is 5.75 Å². The molecule has 1 aliphatic rings. The number of halogens is 3. The molecule has 0 aliphatic carbocycles. The molecule has 0 bridgehead atoms. The number of benzene rings is 1. The minimum Gasteiger partial charge on any atom is -0.484 e. The predicted octanol–water partition coefficient (Wildman–Crippen LogP) is 2.96. The van der Waals surface area contributed by atoms with E-state index in [0.29, 0.717) is 26.2 Å². The summed E-state index contributed by atoms with van der Waals surface area (Å²) < 4.78 is 41.4. The fraction of sp³-hybridized carbons (Fsp3) is 0.368. The van der Waals surface area contributed by atoms with E-state index in [4.69, 9.17) is 10.5 Å². The third kappa shape index (κ3) is 5.35. The van der Waals surface area contributed by atoms with Crippen LogP contribution in [0.3, 0.4) is 0 Å². The molecule has 2 aromatic rings. The zero-order valence-corrected chi connectivity index (χ0v) is 15.1. The first-order chi connectivity index (χ1) is 13.3. The summed E-state index contributed by atoms with van der Waals surface area (Å²) in [6.45, 7) is 1.01. The van der Waals surface area contributed by atoms with Crippen molar-refractivity contribution in [3.63, 3.8) is 0 Å². The SMILES string of the molecule is NC(=O)N1CCN(Cc2ccc(OCC(F)(F)F)cc2)CC1c1cccnc1. The molecule has 6 nitrogen and oxygen atoms in total. The number of urea groups is 1. The van der Waals surface area contributed by atoms with Crippen molar-refractivity contribution in [3.8, 4) is 5.75 Å². The summed E-state index contributed by atoms with van der Waals surface area (Å²) in [4.78, 5) is 19.7. The standard InChI is InChI=1S/C19H21F3N4O2/c20-19(21,22)13-28-16-5-3-14(4-6-16)11-25-8-9-26(18(23)27)17(12-25)15-2-1-7-24-10-15/h1-7,10,17H,8-9,11-13H2,(H2,23,27). The average Bonchev–Trinajstić information content (AvgIpc) is 2.67. The summed E-state index contributed by atoms with van der Waals surface area (Å²) >= 11 is 0. The van der Waals surface area contributed by atoms with E-state index < -0.39 is 18.8 Å². The van der Waals surface area contributed by atoms with Gasteiger partial charge in [0.15, 0.2) is 6.61 Å². The first-order valence-corrected chi connectivity index (χ1v) is 8.79. The zero-order valence-electron chi connectivity index (χ0n) is 15.1. The molecule has 0 spiro atoms. The number of amides is 2. The van der Waals surface area contributed by atoms with Gasteiger partial charge in [-0.3, -0.25) is 9.88 Å². The van der Waals surface area contributed by atoms with Crippen molar-refractivity contribution in [1.82, 2.24) is 14.8 Å². The molecule has 1 aliphatic heterocycles. The van der Waals surface area contributed by atoms with Gasteiger partial charge in [-0.15, -0.1) is 0 Å². The second kappa shape index (κ2) is 8.47. The van der Waals surface area contributed by atoms with E-state index in [1.165, 1.54) is 12.1 Å². The molecule has 150 valence electrons. The molecule has 1 aromatic heterocycles. The van der Waals surface area contributed by atoms with Gasteiger partial charge >= 0.3 is 12.2 Å². The van der Waals surface area contributed by atoms with Crippen LogP contribution in [-0.2, 0) is 6.54 Å². The topological polar surface area (TPSA) is 71.7 Å². The third-order valence-corrected chi connectivity index (χ3v) is 4.55. The third-order valence-electron chi connectivity index (χ3n) is 4.55. The number of nitrogens with two attached hydrogens (primary N) is 1. The highest BCUT2D eigenvalue weighted by atomic mass is 19.4. The van der Waals surface area contributed by atoms with Gasteiger partial charge in [-0.05, 0) is 29.3 Å². The maximum Gasteiger partial charge on any atom is 0.422 e. The molecule has 28 heavy (non-hydrogen) atoms. The van der Waals surface area contributed by atoms with Crippen molar-refractivity contribution in [2.24, 2.45) is 5.73 Å². The minimum atomic E-state index is -4.36. The number of pyridine rings is 1. The Bertz CT molecular complexity index is 784. The van der Waals surface area contributed by atoms with E-state index in [0.717, 1.165) is 11.1 Å². The van der Waals surface area contributed by atoms with Crippen LogP contribution in [0.5, 0.6) is 5.75 Å². The maximum absolute atomic E-state index is 12.2. The van der Waals surface area contributed by atoms with E-state index in [9.17, 15) is 18.0 Å². The maximum atomic E-state index is 12.2. The summed E-state index contributed by atoms with van der Waals surface area (Å²) in [6.07, 6.45) is -0.974. The fourth-order valence-electron chi connectivity index (χ4n) is 3.22. The number of carbonyl (C=O) groups excluding carboxylic acids is 1. The molecule has 2 amide bonds. The van der Waals surface area contributed by atoms with E-state index in [1.54, 1.807) is 29.4 Å². The molecule has 9 heteroatoms. The largest absolute Gasteiger partial charge is 0.484 e. The molecule has 1 aromatic carbocycles. The molecule has 1 saturated heterocycles. The van der Waals surface area contributed by atoms with Crippen LogP contribution in [0.15, 0.2) is 48.8 Å². The van der Waals surface area contributed by atoms with E-state index in [2.05, 4.69) is 9.88 Å². The summed E-state index contributed by atoms with van der Waals surface area (Å²) in [5.74, 6) is 0.174. The number of hydrogen-bond donors (Lipinski definition) is 1. The van der Waals surface area contributed by atoms with Gasteiger partial charge in [-0.2, -0.15) is 13.2 Å². The molecule has 3 rings (SSSR count). The number of piperazine rings is 1. The van der Waals surface area contributed by atoms with Crippen molar-refractivity contribution < 1.29 is 22.7 Å². The lowest BCUT2D eigenvalue weighted by atomic mass is 10.0. The summed E-state index contributed by atoms with van der Waals surface area (Å²) in [5, 5.41) is 0. The second-order valence-electron chi connectivity index (χ2n) is 6.62. The lowest BCUT2D eigenvalue weighted by Crippen LogP contribution is -2.51. The van der Waals surface area contributed by atoms with E-state index in [1.807, 2.05) is 12.1 Å². The van der Waals surface area contributed by atoms with Crippen LogP contribution in [0.25, 0.3) is 0 Å². The molecular formula is C19H21F3N4O2. The van der Waals surface area contributed by atoms with Crippen molar-refractivity contribution in [2.75, 3.05) is 26.2 Å². The van der Waals surface area contributed by atoms with Crippen molar-refractivity contribution >= 4 is 6.03 Å². The highest BCUT2D eigenvalue weighted by Crippen LogP contribution is 2.26. The number of primary amides is 1. The quantitative estimate of drug-likeness (QED) is 0.847. The van der Waals surface area contributed by atoms with Gasteiger partial charge in [-0.1, -0.05) is 18.2 Å². The zero-order chi connectivity index (χ0) is 20.1. The highest BCUT2D eigenvalue weighted by molar-refractivity contribution is 5.72. The smallest absolute Gasteiger partial charge is 0.422 e. The number of alkyl halides is 3. The number of carbonyl (C=O) groups is 1. The lowest BCUT2D eigenvalue weighted by Gasteiger charge is -2.40. The van der Waals surface area contributed by atoms with Crippen molar-refractivity contribution in [1.29, 1.82) is 0 Å². The Labute approximate surface area is 160 Å². The molecular weight excluding hydrogens is 373 g/mol. The Hall–Kier alpha value is -2.81. The van der Waals surface area contributed by atoms with Gasteiger partial charge in [0.25, 0.3) is 0 Å². The van der Waals surface area contributed by atoms with E-state index in [-0.39, 0.29) is 11.8 Å². The van der Waals surface area contributed by atoms with E-state index >= 15 is 0 Å². The summed E-state index contributed by atoms with van der Waals surface area (Å²) in [6, 6.07) is 9.58. The van der Waals surface area contributed by atoms with Crippen LogP contribution in [0.1, 0.15) is 17.2 Å². The first kappa shape index (κ1) is 19.9. The molecule has 1 fully saturated rings. The first-order valence-electron chi connectivity index (χ1n) is 8.79. The van der Waals surface area contributed by atoms with Crippen LogP contribution in [0, 0.1) is 0 Å². The van der Waals surface area contributed by atoms with Crippen LogP contribution in [0.2, 0.25) is 0 Å². The van der Waals surface area contributed by atoms with Crippen LogP contribution in [0.4, 0.5) is 18.0 Å². The molecule has 2 heterocycles. The summed E-state index contributed by atoms with van der Waals surface area (Å²) in [7, 11) is 0. The molecule has 2 N–H and O–H groups in total.